The molecule has 0 saturated carbocycles. The van der Waals surface area contributed by atoms with E-state index in [0.29, 0.717) is 12.3 Å². The fourth-order valence-electron chi connectivity index (χ4n) is 2.92. The average molecular weight is 394 g/mol. The summed E-state index contributed by atoms with van der Waals surface area (Å²) in [6, 6.07) is 8.31. The zero-order valence-corrected chi connectivity index (χ0v) is 14.6. The summed E-state index contributed by atoms with van der Waals surface area (Å²) in [6.07, 6.45) is 3.41. The topological polar surface area (TPSA) is 34.9 Å². The Hall–Kier alpha value is -1.17. The van der Waals surface area contributed by atoms with E-state index in [1.54, 1.807) is 0 Å². The number of halogens is 1. The number of hydrogen-bond acceptors (Lipinski definition) is 2. The molecule has 0 atom stereocenters. The van der Waals surface area contributed by atoms with Crippen LogP contribution >= 0.6 is 22.6 Å². The Morgan fingerprint density at radius 1 is 1.24 bits per heavy atom. The van der Waals surface area contributed by atoms with Crippen LogP contribution in [0.5, 0.6) is 0 Å². The molecule has 0 aliphatic heterocycles. The third-order valence-corrected chi connectivity index (χ3v) is 4.54. The van der Waals surface area contributed by atoms with E-state index < -0.39 is 0 Å². The van der Waals surface area contributed by atoms with Crippen molar-refractivity contribution in [3.63, 3.8) is 0 Å². The smallest absolute Gasteiger partial charge is 0.166 e. The highest BCUT2D eigenvalue weighted by Gasteiger charge is 2.27. The van der Waals surface area contributed by atoms with E-state index in [-0.39, 0.29) is 5.78 Å². The Morgan fingerprint density at radius 2 is 1.95 bits per heavy atom. The van der Waals surface area contributed by atoms with Crippen LogP contribution in [0, 0.1) is 9.49 Å². The first kappa shape index (κ1) is 14.8. The molecule has 0 amide bonds. The van der Waals surface area contributed by atoms with Gasteiger partial charge < -0.3 is 0 Å². The number of hydrogen-bond donors (Lipinski definition) is 0. The molecule has 0 radical (unpaired) electrons. The van der Waals surface area contributed by atoms with Gasteiger partial charge in [-0.05, 0) is 72.0 Å². The van der Waals surface area contributed by atoms with Gasteiger partial charge in [0.05, 0.1) is 22.6 Å². The summed E-state index contributed by atoms with van der Waals surface area (Å²) in [6.45, 7) is 4.34. The first-order valence-corrected chi connectivity index (χ1v) is 8.54. The normalized spacial score (nSPS) is 14.6. The summed E-state index contributed by atoms with van der Waals surface area (Å²) in [7, 11) is 0. The van der Waals surface area contributed by atoms with Gasteiger partial charge in [-0.3, -0.25) is 4.79 Å². The first-order chi connectivity index (χ1) is 10.1. The summed E-state index contributed by atoms with van der Waals surface area (Å²) >= 11 is 2.30. The molecule has 0 fully saturated rings. The molecule has 0 unspecified atom stereocenters. The van der Waals surface area contributed by atoms with Gasteiger partial charge in [0.2, 0.25) is 0 Å². The lowest BCUT2D eigenvalue weighted by atomic mass is 9.92. The van der Waals surface area contributed by atoms with Crippen molar-refractivity contribution >= 4 is 28.4 Å². The average Bonchev–Trinajstić information content (AvgIpc) is 2.79. The van der Waals surface area contributed by atoms with Gasteiger partial charge >= 0.3 is 0 Å². The maximum absolute atomic E-state index is 12.3. The van der Waals surface area contributed by atoms with Crippen molar-refractivity contribution in [2.45, 2.75) is 39.5 Å². The zero-order valence-electron chi connectivity index (χ0n) is 12.4. The fourth-order valence-corrected chi connectivity index (χ4v) is 3.28. The van der Waals surface area contributed by atoms with Gasteiger partial charge in [-0.25, -0.2) is 4.68 Å². The number of fused-ring (bicyclic) bond motifs is 1. The molecule has 3 rings (SSSR count). The van der Waals surface area contributed by atoms with Crippen molar-refractivity contribution in [1.29, 1.82) is 0 Å². The van der Waals surface area contributed by atoms with Gasteiger partial charge in [-0.1, -0.05) is 13.8 Å². The minimum atomic E-state index is 0.267. The van der Waals surface area contributed by atoms with Gasteiger partial charge in [-0.15, -0.1) is 0 Å². The summed E-state index contributed by atoms with van der Waals surface area (Å²) in [5, 5.41) is 4.78. The van der Waals surface area contributed by atoms with E-state index in [0.717, 1.165) is 41.9 Å². The van der Waals surface area contributed by atoms with E-state index in [9.17, 15) is 4.79 Å². The monoisotopic (exact) mass is 394 g/mol. The lowest BCUT2D eigenvalue weighted by Crippen LogP contribution is -2.14. The van der Waals surface area contributed by atoms with Crippen molar-refractivity contribution in [1.82, 2.24) is 9.78 Å². The van der Waals surface area contributed by atoms with Crippen molar-refractivity contribution in [2.75, 3.05) is 0 Å². The largest absolute Gasteiger partial charge is 0.294 e. The highest BCUT2D eigenvalue weighted by molar-refractivity contribution is 14.1. The van der Waals surface area contributed by atoms with Crippen LogP contribution in [0.1, 0.15) is 48.4 Å². The van der Waals surface area contributed by atoms with Gasteiger partial charge in [0.25, 0.3) is 0 Å². The van der Waals surface area contributed by atoms with Crippen LogP contribution in [0.15, 0.2) is 24.3 Å². The third-order valence-electron chi connectivity index (χ3n) is 3.82. The molecule has 0 saturated heterocycles. The van der Waals surface area contributed by atoms with E-state index in [1.165, 1.54) is 3.57 Å². The number of benzene rings is 1. The highest BCUT2D eigenvalue weighted by Crippen LogP contribution is 2.28. The summed E-state index contributed by atoms with van der Waals surface area (Å²) < 4.78 is 3.19. The van der Waals surface area contributed by atoms with Crippen molar-refractivity contribution in [3.8, 4) is 5.69 Å². The molecule has 1 aliphatic carbocycles. The Morgan fingerprint density at radius 3 is 2.62 bits per heavy atom. The van der Waals surface area contributed by atoms with Crippen LogP contribution < -0.4 is 0 Å². The predicted molar refractivity (Wildman–Crippen MR) is 92.1 cm³/mol. The van der Waals surface area contributed by atoms with E-state index in [4.69, 9.17) is 5.10 Å². The molecule has 1 heterocycles. The lowest BCUT2D eigenvalue weighted by molar-refractivity contribution is 0.0971. The summed E-state index contributed by atoms with van der Waals surface area (Å²) in [5.74, 6) is 0.771. The summed E-state index contributed by atoms with van der Waals surface area (Å²) in [5.41, 5.74) is 4.02. The first-order valence-electron chi connectivity index (χ1n) is 7.46. The number of rotatable bonds is 3. The maximum Gasteiger partial charge on any atom is 0.166 e. The lowest BCUT2D eigenvalue weighted by Gasteiger charge is -2.13. The minimum absolute atomic E-state index is 0.267. The molecule has 1 aliphatic rings. The number of aromatic nitrogens is 2. The molecular formula is C17H19IN2O. The summed E-state index contributed by atoms with van der Waals surface area (Å²) in [4.78, 5) is 12.3. The molecule has 4 heteroatoms. The molecule has 0 N–H and O–H groups in total. The second-order valence-electron chi connectivity index (χ2n) is 6.03. The standard InChI is InChI=1S/C17H19IN2O/c1-11(2)10-14-17-15(4-3-5-16(17)21)20(19-14)13-8-6-12(18)7-9-13/h6-9,11H,3-5,10H2,1-2H3. The Balaban J connectivity index is 2.12. The minimum Gasteiger partial charge on any atom is -0.294 e. The highest BCUT2D eigenvalue weighted by atomic mass is 127. The molecule has 0 spiro atoms. The molecule has 110 valence electrons. The number of nitrogens with zero attached hydrogens (tertiary/aromatic N) is 2. The van der Waals surface area contributed by atoms with E-state index in [2.05, 4.69) is 60.7 Å². The number of carbonyl (C=O) groups is 1. The van der Waals surface area contributed by atoms with Gasteiger partial charge in [0.15, 0.2) is 5.78 Å². The van der Waals surface area contributed by atoms with Crippen molar-refractivity contribution < 1.29 is 4.79 Å². The van der Waals surface area contributed by atoms with Crippen LogP contribution in [0.4, 0.5) is 0 Å². The maximum atomic E-state index is 12.3. The molecule has 3 nitrogen and oxygen atoms in total. The number of Topliss-reactive ketones (excluding diaryl/α,β-unsaturated/α-hetero) is 1. The fraction of sp³-hybridized carbons (Fsp3) is 0.412. The van der Waals surface area contributed by atoms with Gasteiger partial charge in [0, 0.05) is 9.99 Å². The Kier molecular flexibility index (Phi) is 4.15. The van der Waals surface area contributed by atoms with Crippen LogP contribution in [-0.2, 0) is 12.8 Å². The molecule has 21 heavy (non-hydrogen) atoms. The van der Waals surface area contributed by atoms with Crippen LogP contribution in [0.25, 0.3) is 5.69 Å². The molecule has 0 bridgehead atoms. The molecule has 2 aromatic rings. The molecule has 1 aromatic heterocycles. The molecular weight excluding hydrogens is 375 g/mol. The Bertz CT molecular complexity index is 671. The quantitative estimate of drug-likeness (QED) is 0.732. The van der Waals surface area contributed by atoms with Crippen molar-refractivity contribution in [2.24, 2.45) is 5.92 Å². The Labute approximate surface area is 138 Å². The van der Waals surface area contributed by atoms with Gasteiger partial charge in [-0.2, -0.15) is 5.10 Å². The molecule has 1 aromatic carbocycles. The van der Waals surface area contributed by atoms with E-state index >= 15 is 0 Å². The van der Waals surface area contributed by atoms with Crippen LogP contribution in [-0.4, -0.2) is 15.6 Å². The van der Waals surface area contributed by atoms with Crippen LogP contribution in [0.2, 0.25) is 0 Å². The second-order valence-corrected chi connectivity index (χ2v) is 7.28. The SMILES string of the molecule is CC(C)Cc1nn(-c2ccc(I)cc2)c2c1C(=O)CCC2. The number of ketones is 1. The number of carbonyl (C=O) groups excluding carboxylic acids is 1. The second kappa shape index (κ2) is 5.91. The zero-order chi connectivity index (χ0) is 15.0. The van der Waals surface area contributed by atoms with Crippen molar-refractivity contribution in [3.05, 3.63) is 44.8 Å². The van der Waals surface area contributed by atoms with Crippen LogP contribution in [0.3, 0.4) is 0 Å². The van der Waals surface area contributed by atoms with Gasteiger partial charge in [0.1, 0.15) is 0 Å². The third kappa shape index (κ3) is 2.91. The predicted octanol–water partition coefficient (Wildman–Crippen LogP) is 4.19. The van der Waals surface area contributed by atoms with E-state index in [1.807, 2.05) is 4.68 Å².